The Bertz CT molecular complexity index is 893. The van der Waals surface area contributed by atoms with Crippen molar-refractivity contribution >= 4 is 23.4 Å². The van der Waals surface area contributed by atoms with Gasteiger partial charge in [0.15, 0.2) is 11.5 Å². The second-order valence-corrected chi connectivity index (χ2v) is 9.44. The predicted molar refractivity (Wildman–Crippen MR) is 116 cm³/mol. The van der Waals surface area contributed by atoms with E-state index in [1.807, 2.05) is 36.0 Å². The minimum Gasteiger partial charge on any atom is -0.486 e. The molecule has 0 radical (unpaired) electrons. The summed E-state index contributed by atoms with van der Waals surface area (Å²) in [6.45, 7) is 5.44. The van der Waals surface area contributed by atoms with Gasteiger partial charge >= 0.3 is 0 Å². The number of rotatable bonds is 3. The fraction of sp³-hybridized carbons (Fsp3) is 0.435. The number of benzene rings is 2. The molecule has 2 aromatic carbocycles. The van der Waals surface area contributed by atoms with Crippen LogP contribution >= 0.6 is 11.8 Å². The second-order valence-electron chi connectivity index (χ2n) is 8.10. The van der Waals surface area contributed by atoms with Gasteiger partial charge in [0, 0.05) is 25.3 Å². The van der Waals surface area contributed by atoms with Crippen molar-refractivity contribution in [2.24, 2.45) is 0 Å². The van der Waals surface area contributed by atoms with Crippen LogP contribution in [0.25, 0.3) is 0 Å². The largest absolute Gasteiger partial charge is 0.486 e. The molecule has 0 bridgehead atoms. The third-order valence-electron chi connectivity index (χ3n) is 6.08. The zero-order valence-corrected chi connectivity index (χ0v) is 17.5. The van der Waals surface area contributed by atoms with E-state index in [9.17, 15) is 4.79 Å². The van der Waals surface area contributed by atoms with Crippen molar-refractivity contribution in [1.29, 1.82) is 0 Å². The molecule has 2 saturated heterocycles. The van der Waals surface area contributed by atoms with E-state index in [0.29, 0.717) is 12.4 Å². The standard InChI is InChI=1S/C23H26N2O3S/c1-17-6-8-18(9-7-17)25-22(26)16-29-23(25)10-12-24(13-11-23)14-19-15-27-20-4-2-3-5-21(20)28-19/h2-9,19H,10-16H2,1H3. The number of para-hydroxylation sites is 2. The number of hydrogen-bond donors (Lipinski definition) is 0. The van der Waals surface area contributed by atoms with Gasteiger partial charge in [0.25, 0.3) is 0 Å². The van der Waals surface area contributed by atoms with Crippen LogP contribution in [0.15, 0.2) is 48.5 Å². The molecule has 5 rings (SSSR count). The van der Waals surface area contributed by atoms with E-state index < -0.39 is 0 Å². The zero-order valence-electron chi connectivity index (χ0n) is 16.7. The third-order valence-corrected chi connectivity index (χ3v) is 7.60. The topological polar surface area (TPSA) is 42.0 Å². The molecule has 3 aliphatic rings. The Balaban J connectivity index is 1.24. The van der Waals surface area contributed by atoms with Crippen LogP contribution in [0.1, 0.15) is 18.4 Å². The number of thioether (sulfide) groups is 1. The third kappa shape index (κ3) is 3.60. The van der Waals surface area contributed by atoms with Crippen LogP contribution in [0.2, 0.25) is 0 Å². The summed E-state index contributed by atoms with van der Waals surface area (Å²) in [6.07, 6.45) is 1.99. The van der Waals surface area contributed by atoms with Crippen LogP contribution in [0, 0.1) is 6.92 Å². The molecule has 0 saturated carbocycles. The maximum atomic E-state index is 12.7. The fourth-order valence-electron chi connectivity index (χ4n) is 4.52. The number of likely N-dealkylation sites (tertiary alicyclic amines) is 1. The number of piperidine rings is 1. The summed E-state index contributed by atoms with van der Waals surface area (Å²) in [4.78, 5) is 17.1. The Morgan fingerprint density at radius 1 is 1.07 bits per heavy atom. The Labute approximate surface area is 176 Å². The Morgan fingerprint density at radius 3 is 2.55 bits per heavy atom. The average Bonchev–Trinajstić information content (AvgIpc) is 3.06. The van der Waals surface area contributed by atoms with E-state index in [0.717, 1.165) is 49.7 Å². The van der Waals surface area contributed by atoms with Gasteiger partial charge in [-0.25, -0.2) is 0 Å². The van der Waals surface area contributed by atoms with Gasteiger partial charge in [-0.05, 0) is 44.0 Å². The first-order valence-electron chi connectivity index (χ1n) is 10.3. The van der Waals surface area contributed by atoms with Gasteiger partial charge in [0.1, 0.15) is 12.7 Å². The van der Waals surface area contributed by atoms with E-state index in [4.69, 9.17) is 9.47 Å². The Morgan fingerprint density at radius 2 is 1.79 bits per heavy atom. The molecule has 1 spiro atoms. The monoisotopic (exact) mass is 410 g/mol. The number of fused-ring (bicyclic) bond motifs is 1. The maximum absolute atomic E-state index is 12.7. The number of amides is 1. The Kier molecular flexibility index (Phi) is 4.92. The van der Waals surface area contributed by atoms with Gasteiger partial charge in [-0.1, -0.05) is 29.8 Å². The van der Waals surface area contributed by atoms with Crippen LogP contribution in [-0.4, -0.2) is 53.8 Å². The van der Waals surface area contributed by atoms with Crippen LogP contribution in [-0.2, 0) is 4.79 Å². The average molecular weight is 411 g/mol. The number of carbonyl (C=O) groups excluding carboxylic acids is 1. The zero-order chi connectivity index (χ0) is 19.8. The predicted octanol–water partition coefficient (Wildman–Crippen LogP) is 3.71. The van der Waals surface area contributed by atoms with Crippen molar-refractivity contribution in [3.05, 3.63) is 54.1 Å². The lowest BCUT2D eigenvalue weighted by molar-refractivity contribution is -0.116. The number of anilines is 1. The van der Waals surface area contributed by atoms with Gasteiger partial charge < -0.3 is 9.47 Å². The minimum atomic E-state index is -0.112. The SMILES string of the molecule is Cc1ccc(N2C(=O)CSC23CCN(CC2COc4ccccc4O2)CC3)cc1. The highest BCUT2D eigenvalue weighted by Crippen LogP contribution is 2.46. The molecule has 152 valence electrons. The van der Waals surface area contributed by atoms with Crippen LogP contribution in [0.4, 0.5) is 5.69 Å². The smallest absolute Gasteiger partial charge is 0.238 e. The van der Waals surface area contributed by atoms with Crippen molar-refractivity contribution in [3.63, 3.8) is 0 Å². The molecule has 29 heavy (non-hydrogen) atoms. The van der Waals surface area contributed by atoms with E-state index in [2.05, 4.69) is 41.0 Å². The molecule has 2 aromatic rings. The molecule has 1 unspecified atom stereocenters. The summed E-state index contributed by atoms with van der Waals surface area (Å²) >= 11 is 1.81. The van der Waals surface area contributed by atoms with E-state index in [1.54, 1.807) is 0 Å². The van der Waals surface area contributed by atoms with Crippen molar-refractivity contribution in [2.45, 2.75) is 30.7 Å². The van der Waals surface area contributed by atoms with Crippen LogP contribution in [0.5, 0.6) is 11.5 Å². The second kappa shape index (κ2) is 7.58. The van der Waals surface area contributed by atoms with Crippen molar-refractivity contribution in [1.82, 2.24) is 4.90 Å². The summed E-state index contributed by atoms with van der Waals surface area (Å²) in [5, 5.41) is 0. The van der Waals surface area contributed by atoms with Gasteiger partial charge in [0.05, 0.1) is 10.6 Å². The number of nitrogens with zero attached hydrogens (tertiary/aromatic N) is 2. The van der Waals surface area contributed by atoms with Crippen molar-refractivity contribution in [2.75, 3.05) is 36.9 Å². The number of ether oxygens (including phenoxy) is 2. The molecule has 1 atom stereocenters. The van der Waals surface area contributed by atoms with Crippen LogP contribution in [0.3, 0.4) is 0 Å². The van der Waals surface area contributed by atoms with Crippen molar-refractivity contribution < 1.29 is 14.3 Å². The fourth-order valence-corrected chi connectivity index (χ4v) is 5.85. The molecule has 6 heteroatoms. The van der Waals surface area contributed by atoms with E-state index in [-0.39, 0.29) is 16.9 Å². The molecule has 5 nitrogen and oxygen atoms in total. The summed E-state index contributed by atoms with van der Waals surface area (Å²) in [7, 11) is 0. The summed E-state index contributed by atoms with van der Waals surface area (Å²) in [5.74, 6) is 2.47. The first-order chi connectivity index (χ1) is 14.1. The maximum Gasteiger partial charge on any atom is 0.238 e. The lowest BCUT2D eigenvalue weighted by Gasteiger charge is -2.44. The van der Waals surface area contributed by atoms with Gasteiger partial charge in [-0.3, -0.25) is 14.6 Å². The highest BCUT2D eigenvalue weighted by atomic mass is 32.2. The first-order valence-corrected chi connectivity index (χ1v) is 11.3. The number of hydrogen-bond acceptors (Lipinski definition) is 5. The normalized spacial score (nSPS) is 23.6. The van der Waals surface area contributed by atoms with Crippen molar-refractivity contribution in [3.8, 4) is 11.5 Å². The van der Waals surface area contributed by atoms with E-state index in [1.165, 1.54) is 5.56 Å². The quantitative estimate of drug-likeness (QED) is 0.772. The molecule has 2 fully saturated rings. The van der Waals surface area contributed by atoms with E-state index >= 15 is 0 Å². The molecule has 0 N–H and O–H groups in total. The highest BCUT2D eigenvalue weighted by Gasteiger charge is 2.48. The number of carbonyl (C=O) groups is 1. The lowest BCUT2D eigenvalue weighted by Crippen LogP contribution is -2.54. The molecular weight excluding hydrogens is 384 g/mol. The van der Waals surface area contributed by atoms with Gasteiger partial charge in [-0.2, -0.15) is 0 Å². The summed E-state index contributed by atoms with van der Waals surface area (Å²) in [6, 6.07) is 16.2. The molecule has 0 aliphatic carbocycles. The molecule has 3 aliphatic heterocycles. The summed E-state index contributed by atoms with van der Waals surface area (Å²) < 4.78 is 12.0. The Hall–Kier alpha value is -2.18. The highest BCUT2D eigenvalue weighted by molar-refractivity contribution is 8.02. The minimum absolute atomic E-state index is 0.0463. The first kappa shape index (κ1) is 18.8. The lowest BCUT2D eigenvalue weighted by atomic mass is 10.0. The van der Waals surface area contributed by atoms with Crippen LogP contribution < -0.4 is 14.4 Å². The van der Waals surface area contributed by atoms with Gasteiger partial charge in [0.2, 0.25) is 5.91 Å². The summed E-state index contributed by atoms with van der Waals surface area (Å²) in [5.41, 5.74) is 2.24. The molecule has 0 aromatic heterocycles. The number of aryl methyl sites for hydroxylation is 1. The molecular formula is C23H26N2O3S. The molecule has 1 amide bonds. The molecule has 3 heterocycles. The van der Waals surface area contributed by atoms with Gasteiger partial charge in [-0.15, -0.1) is 11.8 Å².